The molecule has 2 aliphatic heterocycles. The molecule has 2 aromatic carbocycles. The molecule has 0 radical (unpaired) electrons. The number of carbonyl (C=O) groups is 2. The van der Waals surface area contributed by atoms with Crippen molar-refractivity contribution in [3.05, 3.63) is 93.7 Å². The zero-order chi connectivity index (χ0) is 24.8. The first kappa shape index (κ1) is 24.8. The van der Waals surface area contributed by atoms with Crippen LogP contribution in [-0.2, 0) is 20.7 Å². The molecule has 0 spiro atoms. The van der Waals surface area contributed by atoms with Gasteiger partial charge in [0.2, 0.25) is 5.91 Å². The van der Waals surface area contributed by atoms with Crippen molar-refractivity contribution < 1.29 is 14.3 Å². The van der Waals surface area contributed by atoms with Crippen LogP contribution in [0, 0.1) is 6.92 Å². The van der Waals surface area contributed by atoms with Crippen LogP contribution in [-0.4, -0.2) is 35.1 Å². The van der Waals surface area contributed by atoms with Crippen LogP contribution in [0.25, 0.3) is 0 Å². The van der Waals surface area contributed by atoms with Gasteiger partial charge >= 0.3 is 5.97 Å². The molecule has 1 atom stereocenters. The number of aryl methyl sites for hydroxylation is 2. The van der Waals surface area contributed by atoms with E-state index >= 15 is 0 Å². The molecule has 7 heteroatoms. The lowest BCUT2D eigenvalue weighted by atomic mass is 9.91. The lowest BCUT2D eigenvalue weighted by Crippen LogP contribution is -2.38. The second-order valence-electron chi connectivity index (χ2n) is 8.59. The van der Waals surface area contributed by atoms with Gasteiger partial charge in [-0.25, -0.2) is 9.79 Å². The van der Waals surface area contributed by atoms with Crippen LogP contribution in [0.1, 0.15) is 49.4 Å². The molecule has 0 saturated carbocycles. The van der Waals surface area contributed by atoms with E-state index in [4.69, 9.17) is 9.73 Å². The normalized spacial score (nSPS) is 17.0. The number of benzene rings is 2. The molecule has 2 heterocycles. The fourth-order valence-electron chi connectivity index (χ4n) is 4.42. The molecular weight excluding hydrogens is 458 g/mol. The van der Waals surface area contributed by atoms with E-state index in [2.05, 4.69) is 17.4 Å². The molecule has 2 aliphatic rings. The van der Waals surface area contributed by atoms with Crippen LogP contribution in [0.15, 0.2) is 82.0 Å². The fraction of sp³-hybridized carbons (Fsp3) is 0.321. The van der Waals surface area contributed by atoms with E-state index < -0.39 is 6.04 Å². The molecule has 1 amide bonds. The van der Waals surface area contributed by atoms with Gasteiger partial charge in [0.05, 0.1) is 30.3 Å². The smallest absolute Gasteiger partial charge is 0.338 e. The van der Waals surface area contributed by atoms with Crippen molar-refractivity contribution in [2.75, 3.05) is 13.2 Å². The summed E-state index contributed by atoms with van der Waals surface area (Å²) in [6.07, 6.45) is 2.01. The van der Waals surface area contributed by atoms with Gasteiger partial charge in [0.1, 0.15) is 0 Å². The molecule has 0 saturated heterocycles. The standard InChI is InChI=1S/C28H31N3O3S/c1-4-34-27(33)25-20(3)30-28-31(26(25)23-15-9-8-11-19(23)2)22(18-35-28)17-24(32)29-16-10-14-21-12-6-5-7-13-21/h5-9,11-13,15,18,26H,4,10,14,16-17H2,1-3H3,(H,29,32)/t26-/m0/s1. The van der Waals surface area contributed by atoms with Crippen molar-refractivity contribution in [2.24, 2.45) is 4.99 Å². The van der Waals surface area contributed by atoms with E-state index in [9.17, 15) is 9.59 Å². The monoisotopic (exact) mass is 489 g/mol. The number of ether oxygens (including phenoxy) is 1. The maximum atomic E-state index is 13.0. The van der Waals surface area contributed by atoms with Gasteiger partial charge in [-0.05, 0) is 55.7 Å². The quantitative estimate of drug-likeness (QED) is 0.384. The molecule has 0 fully saturated rings. The zero-order valence-electron chi connectivity index (χ0n) is 20.4. The van der Waals surface area contributed by atoms with E-state index in [0.717, 1.165) is 34.8 Å². The van der Waals surface area contributed by atoms with Gasteiger partial charge < -0.3 is 15.0 Å². The lowest BCUT2D eigenvalue weighted by molar-refractivity contribution is -0.139. The predicted octanol–water partition coefficient (Wildman–Crippen LogP) is 5.27. The van der Waals surface area contributed by atoms with Crippen LogP contribution >= 0.6 is 11.8 Å². The fourth-order valence-corrected chi connectivity index (χ4v) is 5.38. The molecule has 6 nitrogen and oxygen atoms in total. The van der Waals surface area contributed by atoms with Crippen LogP contribution in [0.2, 0.25) is 0 Å². The number of amidine groups is 1. The largest absolute Gasteiger partial charge is 0.463 e. The number of hydrogen-bond donors (Lipinski definition) is 1. The van der Waals surface area contributed by atoms with Gasteiger partial charge in [-0.15, -0.1) is 0 Å². The number of nitrogens with zero attached hydrogens (tertiary/aromatic N) is 2. The predicted molar refractivity (Wildman–Crippen MR) is 141 cm³/mol. The Balaban J connectivity index is 1.50. The average Bonchev–Trinajstić information content (AvgIpc) is 3.24. The lowest BCUT2D eigenvalue weighted by Gasteiger charge is -2.37. The molecule has 2 aromatic rings. The molecule has 0 unspecified atom stereocenters. The maximum absolute atomic E-state index is 13.0. The second kappa shape index (κ2) is 11.4. The van der Waals surface area contributed by atoms with Crippen LogP contribution in [0.3, 0.4) is 0 Å². The van der Waals surface area contributed by atoms with Gasteiger partial charge in [-0.3, -0.25) is 4.79 Å². The van der Waals surface area contributed by atoms with Crippen molar-refractivity contribution >= 4 is 28.8 Å². The van der Waals surface area contributed by atoms with Crippen LogP contribution in [0.5, 0.6) is 0 Å². The number of fused-ring (bicyclic) bond motifs is 1. The molecule has 0 aliphatic carbocycles. The van der Waals surface area contributed by atoms with Crippen molar-refractivity contribution in [3.63, 3.8) is 0 Å². The number of allylic oxidation sites excluding steroid dienone is 1. The molecule has 1 N–H and O–H groups in total. The van der Waals surface area contributed by atoms with E-state index in [1.165, 1.54) is 17.3 Å². The minimum Gasteiger partial charge on any atom is -0.463 e. The maximum Gasteiger partial charge on any atom is 0.338 e. The van der Waals surface area contributed by atoms with E-state index in [1.807, 2.05) is 66.6 Å². The van der Waals surface area contributed by atoms with Crippen molar-refractivity contribution in [2.45, 2.75) is 46.1 Å². The van der Waals surface area contributed by atoms with Crippen LogP contribution in [0.4, 0.5) is 0 Å². The number of rotatable bonds is 9. The summed E-state index contributed by atoms with van der Waals surface area (Å²) in [6, 6.07) is 17.9. The zero-order valence-corrected chi connectivity index (χ0v) is 21.2. The first-order valence-electron chi connectivity index (χ1n) is 12.0. The topological polar surface area (TPSA) is 71.0 Å². The van der Waals surface area contributed by atoms with E-state index in [-0.39, 0.29) is 24.9 Å². The van der Waals surface area contributed by atoms with Crippen molar-refractivity contribution in [3.8, 4) is 0 Å². The number of nitrogens with one attached hydrogen (secondary N) is 1. The summed E-state index contributed by atoms with van der Waals surface area (Å²) in [7, 11) is 0. The molecule has 0 aromatic heterocycles. The van der Waals surface area contributed by atoms with Gasteiger partial charge in [-0.2, -0.15) is 0 Å². The molecule has 35 heavy (non-hydrogen) atoms. The summed E-state index contributed by atoms with van der Waals surface area (Å²) in [5, 5.41) is 5.79. The highest BCUT2D eigenvalue weighted by molar-refractivity contribution is 8.16. The highest BCUT2D eigenvalue weighted by Gasteiger charge is 2.41. The Hall–Kier alpha value is -3.32. The van der Waals surface area contributed by atoms with Gasteiger partial charge in [-0.1, -0.05) is 66.4 Å². The minimum atomic E-state index is -0.394. The third kappa shape index (κ3) is 5.68. The Bertz CT molecular complexity index is 1190. The van der Waals surface area contributed by atoms with Crippen LogP contribution < -0.4 is 5.32 Å². The summed E-state index contributed by atoms with van der Waals surface area (Å²) in [5.74, 6) is -0.415. The van der Waals surface area contributed by atoms with Gasteiger partial charge in [0, 0.05) is 12.2 Å². The number of carbonyl (C=O) groups excluding carboxylic acids is 2. The number of hydrogen-bond acceptors (Lipinski definition) is 6. The third-order valence-corrected chi connectivity index (χ3v) is 7.02. The highest BCUT2D eigenvalue weighted by atomic mass is 32.2. The Morgan fingerprint density at radius 2 is 1.83 bits per heavy atom. The Morgan fingerprint density at radius 3 is 2.57 bits per heavy atom. The van der Waals surface area contributed by atoms with Gasteiger partial charge in [0.25, 0.3) is 0 Å². The first-order chi connectivity index (χ1) is 17.0. The van der Waals surface area contributed by atoms with Crippen molar-refractivity contribution in [1.82, 2.24) is 10.2 Å². The second-order valence-corrected chi connectivity index (χ2v) is 9.42. The Morgan fingerprint density at radius 1 is 1.09 bits per heavy atom. The summed E-state index contributed by atoms with van der Waals surface area (Å²) in [5.41, 5.74) is 5.32. The van der Waals surface area contributed by atoms with Crippen molar-refractivity contribution in [1.29, 1.82) is 0 Å². The third-order valence-electron chi connectivity index (χ3n) is 6.13. The summed E-state index contributed by atoms with van der Waals surface area (Å²) >= 11 is 1.48. The molecular formula is C28H31N3O3S. The summed E-state index contributed by atoms with van der Waals surface area (Å²) in [4.78, 5) is 32.6. The number of amides is 1. The molecule has 4 rings (SSSR count). The number of esters is 1. The average molecular weight is 490 g/mol. The minimum absolute atomic E-state index is 0.0429. The Labute approximate surface area is 211 Å². The Kier molecular flexibility index (Phi) is 8.08. The van der Waals surface area contributed by atoms with E-state index in [0.29, 0.717) is 17.8 Å². The molecule has 0 bridgehead atoms. The van der Waals surface area contributed by atoms with Gasteiger partial charge in [0.15, 0.2) is 5.17 Å². The highest BCUT2D eigenvalue weighted by Crippen LogP contribution is 2.45. The summed E-state index contributed by atoms with van der Waals surface area (Å²) < 4.78 is 5.41. The van der Waals surface area contributed by atoms with E-state index in [1.54, 1.807) is 6.92 Å². The number of thioether (sulfide) groups is 1. The number of aliphatic imine (C=N–C) groups is 1. The SMILES string of the molecule is CCOC(=O)C1=C(C)N=C2SC=C(CC(=O)NCCCc3ccccc3)N2[C@H]1c1ccccc1C. The molecule has 182 valence electrons. The first-order valence-corrected chi connectivity index (χ1v) is 12.8. The summed E-state index contributed by atoms with van der Waals surface area (Å²) in [6.45, 7) is 6.58.